The van der Waals surface area contributed by atoms with Crippen molar-refractivity contribution in [1.29, 1.82) is 0 Å². The van der Waals surface area contributed by atoms with E-state index in [-0.39, 0.29) is 24.7 Å². The molecule has 1 aromatic rings. The molecule has 0 saturated carbocycles. The Morgan fingerprint density at radius 1 is 1.60 bits per heavy atom. The second-order valence-electron chi connectivity index (χ2n) is 4.97. The number of nitrogens with one attached hydrogen (secondary N) is 1. The van der Waals surface area contributed by atoms with Crippen LogP contribution < -0.4 is 5.32 Å². The number of carbonyl (C=O) groups excluding carboxylic acids is 1. The molecule has 20 heavy (non-hydrogen) atoms. The fourth-order valence-corrected chi connectivity index (χ4v) is 2.09. The van der Waals surface area contributed by atoms with Crippen molar-refractivity contribution in [3.8, 4) is 0 Å². The highest BCUT2D eigenvalue weighted by atomic mass is 16.6. The predicted molar refractivity (Wildman–Crippen MR) is 70.6 cm³/mol. The predicted octanol–water partition coefficient (Wildman–Crippen LogP) is 0.784. The molecule has 1 unspecified atom stereocenters. The highest BCUT2D eigenvalue weighted by Gasteiger charge is 2.32. The number of benzene rings is 1. The van der Waals surface area contributed by atoms with Crippen molar-refractivity contribution >= 4 is 11.6 Å². The molecule has 2 rings (SSSR count). The van der Waals surface area contributed by atoms with Gasteiger partial charge in [-0.05, 0) is 18.6 Å². The average Bonchev–Trinajstić information content (AvgIpc) is 2.83. The first-order valence-electron chi connectivity index (χ1n) is 6.25. The monoisotopic (exact) mass is 280 g/mol. The highest BCUT2D eigenvalue weighted by molar-refractivity contribution is 5.95. The van der Waals surface area contributed by atoms with E-state index in [2.05, 4.69) is 5.32 Å². The van der Waals surface area contributed by atoms with Crippen LogP contribution >= 0.6 is 0 Å². The van der Waals surface area contributed by atoms with Gasteiger partial charge in [0.25, 0.3) is 11.6 Å². The third-order valence-corrected chi connectivity index (χ3v) is 3.33. The molecule has 0 spiro atoms. The lowest BCUT2D eigenvalue weighted by Gasteiger charge is -2.20. The zero-order valence-electron chi connectivity index (χ0n) is 11.1. The van der Waals surface area contributed by atoms with Crippen molar-refractivity contribution in [1.82, 2.24) is 5.32 Å². The van der Waals surface area contributed by atoms with Crippen LogP contribution in [0.4, 0.5) is 5.69 Å². The van der Waals surface area contributed by atoms with Gasteiger partial charge < -0.3 is 15.2 Å². The summed E-state index contributed by atoms with van der Waals surface area (Å²) in [5, 5.41) is 23.3. The molecule has 0 aliphatic carbocycles. The molecule has 1 aliphatic heterocycles. The summed E-state index contributed by atoms with van der Waals surface area (Å²) < 4.78 is 5.09. The number of nitro groups is 1. The molecule has 7 nitrogen and oxygen atoms in total. The highest BCUT2D eigenvalue weighted by Crippen LogP contribution is 2.19. The number of rotatable bonds is 4. The zero-order chi connectivity index (χ0) is 14.8. The number of non-ortho nitro benzene ring substituents is 1. The van der Waals surface area contributed by atoms with Crippen LogP contribution in [0.3, 0.4) is 0 Å². The number of carbonyl (C=O) groups is 1. The standard InChI is InChI=1S/C13H16N2O5/c1-9-6-10(15(18)19)2-3-11(9)12(16)14-7-13(17)4-5-20-8-13/h2-3,6,17H,4-5,7-8H2,1H3,(H,14,16). The molecule has 0 radical (unpaired) electrons. The number of ether oxygens (including phenoxy) is 1. The zero-order valence-corrected chi connectivity index (χ0v) is 11.1. The first kappa shape index (κ1) is 14.4. The van der Waals surface area contributed by atoms with Gasteiger partial charge in [0.2, 0.25) is 0 Å². The fourth-order valence-electron chi connectivity index (χ4n) is 2.09. The Hall–Kier alpha value is -1.99. The maximum atomic E-state index is 12.0. The quantitative estimate of drug-likeness (QED) is 0.627. The van der Waals surface area contributed by atoms with E-state index < -0.39 is 10.5 Å². The Balaban J connectivity index is 2.04. The third kappa shape index (κ3) is 3.12. The lowest BCUT2D eigenvalue weighted by molar-refractivity contribution is -0.384. The molecule has 2 N–H and O–H groups in total. The molecule has 1 heterocycles. The second-order valence-corrected chi connectivity index (χ2v) is 4.97. The van der Waals surface area contributed by atoms with Crippen LogP contribution in [-0.2, 0) is 4.74 Å². The van der Waals surface area contributed by atoms with E-state index in [0.29, 0.717) is 24.2 Å². The molecule has 1 aliphatic rings. The topological polar surface area (TPSA) is 102 Å². The Morgan fingerprint density at radius 2 is 2.35 bits per heavy atom. The second kappa shape index (κ2) is 5.56. The molecule has 108 valence electrons. The van der Waals surface area contributed by atoms with Crippen molar-refractivity contribution in [2.24, 2.45) is 0 Å². The van der Waals surface area contributed by atoms with Gasteiger partial charge in [0, 0.05) is 37.3 Å². The summed E-state index contributed by atoms with van der Waals surface area (Å²) in [6.45, 7) is 2.41. The van der Waals surface area contributed by atoms with E-state index >= 15 is 0 Å². The van der Waals surface area contributed by atoms with Crippen LogP contribution in [0.2, 0.25) is 0 Å². The minimum absolute atomic E-state index is 0.0538. The van der Waals surface area contributed by atoms with Crippen LogP contribution in [0, 0.1) is 17.0 Å². The third-order valence-electron chi connectivity index (χ3n) is 3.33. The lowest BCUT2D eigenvalue weighted by atomic mass is 10.0. The number of hydrogen-bond acceptors (Lipinski definition) is 5. The maximum absolute atomic E-state index is 12.0. The van der Waals surface area contributed by atoms with Gasteiger partial charge in [0.05, 0.1) is 11.5 Å². The van der Waals surface area contributed by atoms with Crippen molar-refractivity contribution in [3.05, 3.63) is 39.4 Å². The molecule has 1 fully saturated rings. The van der Waals surface area contributed by atoms with Crippen LogP contribution in [0.1, 0.15) is 22.3 Å². The molecule has 1 saturated heterocycles. The Morgan fingerprint density at radius 3 is 2.90 bits per heavy atom. The first-order valence-corrected chi connectivity index (χ1v) is 6.25. The van der Waals surface area contributed by atoms with Gasteiger partial charge in [-0.25, -0.2) is 0 Å². The van der Waals surface area contributed by atoms with E-state index in [1.165, 1.54) is 18.2 Å². The minimum atomic E-state index is -1.02. The number of nitro benzene ring substituents is 1. The SMILES string of the molecule is Cc1cc([N+](=O)[O-])ccc1C(=O)NCC1(O)CCOC1. The minimum Gasteiger partial charge on any atom is -0.386 e. The Bertz CT molecular complexity index is 538. The molecule has 0 aromatic heterocycles. The molecule has 1 aromatic carbocycles. The molecular weight excluding hydrogens is 264 g/mol. The van der Waals surface area contributed by atoms with E-state index in [1.54, 1.807) is 6.92 Å². The smallest absolute Gasteiger partial charge is 0.269 e. The van der Waals surface area contributed by atoms with Crippen molar-refractivity contribution in [2.45, 2.75) is 18.9 Å². The normalized spacial score (nSPS) is 21.7. The van der Waals surface area contributed by atoms with Gasteiger partial charge >= 0.3 is 0 Å². The van der Waals surface area contributed by atoms with Gasteiger partial charge in [0.1, 0.15) is 5.60 Å². The summed E-state index contributed by atoms with van der Waals surface area (Å²) >= 11 is 0. The molecule has 7 heteroatoms. The number of aliphatic hydroxyl groups is 1. The summed E-state index contributed by atoms with van der Waals surface area (Å²) in [7, 11) is 0. The van der Waals surface area contributed by atoms with E-state index in [0.717, 1.165) is 0 Å². The summed E-state index contributed by atoms with van der Waals surface area (Å²) in [6.07, 6.45) is 0.479. The number of aryl methyl sites for hydroxylation is 1. The summed E-state index contributed by atoms with van der Waals surface area (Å²) in [5.41, 5.74) is -0.198. The summed E-state index contributed by atoms with van der Waals surface area (Å²) in [6, 6.07) is 4.05. The van der Waals surface area contributed by atoms with Crippen molar-refractivity contribution < 1.29 is 19.6 Å². The number of hydrogen-bond donors (Lipinski definition) is 2. The first-order chi connectivity index (χ1) is 9.41. The van der Waals surface area contributed by atoms with Gasteiger partial charge in [-0.1, -0.05) is 0 Å². The van der Waals surface area contributed by atoms with Crippen molar-refractivity contribution in [3.63, 3.8) is 0 Å². The fraction of sp³-hybridized carbons (Fsp3) is 0.462. The average molecular weight is 280 g/mol. The Kier molecular flexibility index (Phi) is 4.01. The summed E-state index contributed by atoms with van der Waals surface area (Å²) in [5.74, 6) is -0.363. The number of nitrogens with zero attached hydrogens (tertiary/aromatic N) is 1. The van der Waals surface area contributed by atoms with Crippen LogP contribution in [-0.4, -0.2) is 41.3 Å². The van der Waals surface area contributed by atoms with Gasteiger partial charge in [0.15, 0.2) is 0 Å². The van der Waals surface area contributed by atoms with E-state index in [9.17, 15) is 20.0 Å². The van der Waals surface area contributed by atoms with E-state index in [1.807, 2.05) is 0 Å². The van der Waals surface area contributed by atoms with Crippen LogP contribution in [0.25, 0.3) is 0 Å². The Labute approximate surface area is 115 Å². The van der Waals surface area contributed by atoms with Gasteiger partial charge in [-0.2, -0.15) is 0 Å². The largest absolute Gasteiger partial charge is 0.386 e. The van der Waals surface area contributed by atoms with Crippen molar-refractivity contribution in [2.75, 3.05) is 19.8 Å². The molecular formula is C13H16N2O5. The maximum Gasteiger partial charge on any atom is 0.269 e. The van der Waals surface area contributed by atoms with Crippen LogP contribution in [0.5, 0.6) is 0 Å². The van der Waals surface area contributed by atoms with Gasteiger partial charge in [-0.3, -0.25) is 14.9 Å². The van der Waals surface area contributed by atoms with Crippen LogP contribution in [0.15, 0.2) is 18.2 Å². The summed E-state index contributed by atoms with van der Waals surface area (Å²) in [4.78, 5) is 22.1. The van der Waals surface area contributed by atoms with E-state index in [4.69, 9.17) is 4.74 Å². The molecule has 0 bridgehead atoms. The molecule has 1 amide bonds. The molecule has 1 atom stereocenters. The number of amides is 1. The van der Waals surface area contributed by atoms with Gasteiger partial charge in [-0.15, -0.1) is 0 Å². The lowest BCUT2D eigenvalue weighted by Crippen LogP contribution is -2.43.